The van der Waals surface area contributed by atoms with Crippen LogP contribution in [0.25, 0.3) is 0 Å². The smallest absolute Gasteiger partial charge is 0.0524 e. The summed E-state index contributed by atoms with van der Waals surface area (Å²) in [5, 5.41) is 0. The summed E-state index contributed by atoms with van der Waals surface area (Å²) >= 11 is 0. The van der Waals surface area contributed by atoms with Crippen LogP contribution in [0.2, 0.25) is 0 Å². The number of nitrogens with two attached hydrogens (primary N) is 1. The van der Waals surface area contributed by atoms with Crippen molar-refractivity contribution < 1.29 is 0 Å². The molecule has 20 heavy (non-hydrogen) atoms. The third-order valence-corrected chi connectivity index (χ3v) is 5.52. The minimum atomic E-state index is 0.215. The van der Waals surface area contributed by atoms with E-state index in [1.807, 2.05) is 0 Å². The number of fused-ring (bicyclic) bond motifs is 1. The highest BCUT2D eigenvalue weighted by Crippen LogP contribution is 2.40. The monoisotopic (exact) mass is 272 g/mol. The average molecular weight is 272 g/mol. The van der Waals surface area contributed by atoms with Crippen LogP contribution in [0, 0.1) is 5.92 Å². The first-order chi connectivity index (χ1) is 9.75. The summed E-state index contributed by atoms with van der Waals surface area (Å²) in [5.74, 6) is 0.872. The third kappa shape index (κ3) is 2.46. The number of hydrogen-bond acceptors (Lipinski definition) is 2. The Morgan fingerprint density at radius 3 is 2.70 bits per heavy atom. The second-order valence-electron chi connectivity index (χ2n) is 6.85. The van der Waals surface area contributed by atoms with Gasteiger partial charge in [0.1, 0.15) is 0 Å². The molecule has 2 heteroatoms. The molecule has 0 spiro atoms. The van der Waals surface area contributed by atoms with Gasteiger partial charge in [-0.3, -0.25) is 0 Å². The third-order valence-electron chi connectivity index (χ3n) is 5.52. The molecule has 0 atom stereocenters. The van der Waals surface area contributed by atoms with Crippen LogP contribution in [0.15, 0.2) is 24.3 Å². The van der Waals surface area contributed by atoms with E-state index in [0.29, 0.717) is 0 Å². The zero-order valence-corrected chi connectivity index (χ0v) is 12.8. The topological polar surface area (TPSA) is 29.3 Å². The zero-order valence-electron chi connectivity index (χ0n) is 12.8. The van der Waals surface area contributed by atoms with Crippen molar-refractivity contribution in [3.8, 4) is 0 Å². The van der Waals surface area contributed by atoms with E-state index < -0.39 is 0 Å². The van der Waals surface area contributed by atoms with Crippen molar-refractivity contribution in [3.05, 3.63) is 29.8 Å². The molecular formula is C18H28N2. The fraction of sp³-hybridized carbons (Fsp3) is 0.667. The van der Waals surface area contributed by atoms with Gasteiger partial charge < -0.3 is 10.6 Å². The number of anilines is 1. The Hall–Kier alpha value is -1.02. The lowest BCUT2D eigenvalue weighted by atomic mass is 9.75. The van der Waals surface area contributed by atoms with Gasteiger partial charge in [-0.05, 0) is 62.5 Å². The Kier molecular flexibility index (Phi) is 4.02. The second-order valence-corrected chi connectivity index (χ2v) is 6.85. The standard InChI is InChI=1S/C18H28N2/c1-15-9-11-18(14-19,12-10-15)20-13-5-4-7-16-6-2-3-8-17(16)20/h2-3,6,8,15H,4-5,7,9-14,19H2,1H3. The lowest BCUT2D eigenvalue weighted by Gasteiger charge is -2.48. The van der Waals surface area contributed by atoms with Crippen molar-refractivity contribution in [1.82, 2.24) is 0 Å². The lowest BCUT2D eigenvalue weighted by molar-refractivity contribution is 0.235. The molecule has 110 valence electrons. The van der Waals surface area contributed by atoms with E-state index in [2.05, 4.69) is 36.1 Å². The van der Waals surface area contributed by atoms with Crippen LogP contribution in [-0.4, -0.2) is 18.6 Å². The van der Waals surface area contributed by atoms with E-state index in [1.54, 1.807) is 0 Å². The van der Waals surface area contributed by atoms with Crippen LogP contribution in [0.1, 0.15) is 51.0 Å². The summed E-state index contributed by atoms with van der Waals surface area (Å²) < 4.78 is 0. The minimum absolute atomic E-state index is 0.215. The molecule has 1 aromatic rings. The summed E-state index contributed by atoms with van der Waals surface area (Å²) in [6.07, 6.45) is 9.02. The molecule has 1 aliphatic carbocycles. The van der Waals surface area contributed by atoms with Crippen LogP contribution >= 0.6 is 0 Å². The van der Waals surface area contributed by atoms with E-state index in [4.69, 9.17) is 5.73 Å². The molecule has 0 saturated heterocycles. The van der Waals surface area contributed by atoms with Crippen LogP contribution in [0.5, 0.6) is 0 Å². The molecule has 1 aromatic carbocycles. The molecule has 1 aliphatic heterocycles. The van der Waals surface area contributed by atoms with Gasteiger partial charge in [0, 0.05) is 18.8 Å². The number of hydrogen-bond donors (Lipinski definition) is 1. The number of benzene rings is 1. The fourth-order valence-electron chi connectivity index (χ4n) is 4.07. The Morgan fingerprint density at radius 1 is 1.20 bits per heavy atom. The Balaban J connectivity index is 1.95. The lowest BCUT2D eigenvalue weighted by Crippen LogP contribution is -2.56. The summed E-state index contributed by atoms with van der Waals surface area (Å²) in [7, 11) is 0. The predicted molar refractivity (Wildman–Crippen MR) is 86.1 cm³/mol. The highest BCUT2D eigenvalue weighted by Gasteiger charge is 2.39. The highest BCUT2D eigenvalue weighted by atomic mass is 15.2. The van der Waals surface area contributed by atoms with Gasteiger partial charge in [0.05, 0.1) is 5.54 Å². The summed E-state index contributed by atoms with van der Waals surface area (Å²) in [4.78, 5) is 2.68. The Morgan fingerprint density at radius 2 is 1.95 bits per heavy atom. The van der Waals surface area contributed by atoms with Crippen molar-refractivity contribution in [2.45, 2.75) is 57.4 Å². The molecular weight excluding hydrogens is 244 g/mol. The molecule has 0 amide bonds. The zero-order chi connectivity index (χ0) is 14.0. The second kappa shape index (κ2) is 5.77. The van der Waals surface area contributed by atoms with Crippen molar-refractivity contribution in [2.24, 2.45) is 11.7 Å². The van der Waals surface area contributed by atoms with Gasteiger partial charge in [0.25, 0.3) is 0 Å². The number of aryl methyl sites for hydroxylation is 1. The molecule has 2 nitrogen and oxygen atoms in total. The first-order valence-electron chi connectivity index (χ1n) is 8.31. The summed E-state index contributed by atoms with van der Waals surface area (Å²) in [5.41, 5.74) is 9.48. The van der Waals surface area contributed by atoms with Gasteiger partial charge in [-0.1, -0.05) is 25.1 Å². The van der Waals surface area contributed by atoms with Crippen LogP contribution in [-0.2, 0) is 6.42 Å². The normalized spacial score (nSPS) is 30.7. The van der Waals surface area contributed by atoms with Crippen LogP contribution in [0.3, 0.4) is 0 Å². The summed E-state index contributed by atoms with van der Waals surface area (Å²) in [6.45, 7) is 4.37. The first kappa shape index (κ1) is 13.9. The van der Waals surface area contributed by atoms with Crippen LogP contribution in [0.4, 0.5) is 5.69 Å². The molecule has 1 heterocycles. The van der Waals surface area contributed by atoms with E-state index >= 15 is 0 Å². The number of nitrogens with zero attached hydrogens (tertiary/aromatic N) is 1. The van der Waals surface area contributed by atoms with Gasteiger partial charge in [-0.2, -0.15) is 0 Å². The molecule has 0 bridgehead atoms. The van der Waals surface area contributed by atoms with E-state index in [-0.39, 0.29) is 5.54 Å². The van der Waals surface area contributed by atoms with Crippen molar-refractivity contribution >= 4 is 5.69 Å². The molecule has 0 unspecified atom stereocenters. The van der Waals surface area contributed by atoms with Crippen molar-refractivity contribution in [1.29, 1.82) is 0 Å². The largest absolute Gasteiger partial charge is 0.364 e. The Bertz CT molecular complexity index is 446. The maximum absolute atomic E-state index is 6.28. The van der Waals surface area contributed by atoms with Crippen molar-refractivity contribution in [3.63, 3.8) is 0 Å². The predicted octanol–water partition coefficient (Wildman–Crippen LogP) is 3.74. The molecule has 2 aliphatic rings. The molecule has 3 rings (SSSR count). The SMILES string of the molecule is CC1CCC(CN)(N2CCCCc3ccccc32)CC1. The molecule has 2 N–H and O–H groups in total. The van der Waals surface area contributed by atoms with Gasteiger partial charge in [-0.15, -0.1) is 0 Å². The average Bonchev–Trinajstić information content (AvgIpc) is 2.71. The first-order valence-corrected chi connectivity index (χ1v) is 8.31. The quantitative estimate of drug-likeness (QED) is 0.888. The summed E-state index contributed by atoms with van der Waals surface area (Å²) in [6, 6.07) is 8.99. The van der Waals surface area contributed by atoms with Crippen LogP contribution < -0.4 is 10.6 Å². The minimum Gasteiger partial charge on any atom is -0.364 e. The Labute approximate surface area is 123 Å². The van der Waals surface area contributed by atoms with Gasteiger partial charge in [-0.25, -0.2) is 0 Å². The van der Waals surface area contributed by atoms with Gasteiger partial charge >= 0.3 is 0 Å². The van der Waals surface area contributed by atoms with Gasteiger partial charge in [0.2, 0.25) is 0 Å². The maximum Gasteiger partial charge on any atom is 0.0524 e. The number of rotatable bonds is 2. The highest BCUT2D eigenvalue weighted by molar-refractivity contribution is 5.57. The maximum atomic E-state index is 6.28. The fourth-order valence-corrected chi connectivity index (χ4v) is 4.07. The van der Waals surface area contributed by atoms with E-state index in [0.717, 1.165) is 12.5 Å². The van der Waals surface area contributed by atoms with E-state index in [1.165, 1.54) is 62.7 Å². The molecule has 1 saturated carbocycles. The molecule has 1 fully saturated rings. The number of para-hydroxylation sites is 1. The molecule has 0 aromatic heterocycles. The van der Waals surface area contributed by atoms with E-state index in [9.17, 15) is 0 Å². The molecule has 0 radical (unpaired) electrons. The van der Waals surface area contributed by atoms with Gasteiger partial charge in [0.15, 0.2) is 0 Å². The van der Waals surface area contributed by atoms with Crippen molar-refractivity contribution in [2.75, 3.05) is 18.0 Å².